The van der Waals surface area contributed by atoms with Crippen molar-refractivity contribution >= 4 is 22.4 Å². The Kier molecular flexibility index (Phi) is 5.87. The van der Waals surface area contributed by atoms with E-state index in [2.05, 4.69) is 26.1 Å². The van der Waals surface area contributed by atoms with Crippen LogP contribution < -0.4 is 5.32 Å². The first kappa shape index (κ1) is 17.0. The predicted molar refractivity (Wildman–Crippen MR) is 92.2 cm³/mol. The highest BCUT2D eigenvalue weighted by atomic mass is 35.5. The van der Waals surface area contributed by atoms with Crippen LogP contribution >= 0.6 is 11.6 Å². The number of hydrogen-bond acceptors (Lipinski definition) is 2. The highest BCUT2D eigenvalue weighted by Gasteiger charge is 2.37. The summed E-state index contributed by atoms with van der Waals surface area (Å²) in [6, 6.07) is 8.10. The lowest BCUT2D eigenvalue weighted by molar-refractivity contribution is 0.213. The molecule has 0 aliphatic heterocycles. The number of benzene rings is 1. The van der Waals surface area contributed by atoms with Gasteiger partial charge in [0.1, 0.15) is 0 Å². The first-order valence-electron chi connectivity index (χ1n) is 7.76. The maximum absolute atomic E-state index is 12.9. The molecule has 1 fully saturated rings. The van der Waals surface area contributed by atoms with Crippen LogP contribution in [0, 0.1) is 5.41 Å². The van der Waals surface area contributed by atoms with Gasteiger partial charge in [0.2, 0.25) is 0 Å². The minimum absolute atomic E-state index is 0.240. The standard InChI is InChI=1S/C17H26ClNOS/c1-4-19-15-9-10-17(2,3)11-16(15)21(20)12-13-5-7-14(18)8-6-13/h5-8,15-16,19H,4,9-12H2,1-3H3. The summed E-state index contributed by atoms with van der Waals surface area (Å²) in [5.74, 6) is 0.625. The molecule has 1 aliphatic carbocycles. The van der Waals surface area contributed by atoms with Gasteiger partial charge in [-0.3, -0.25) is 4.21 Å². The number of rotatable bonds is 5. The van der Waals surface area contributed by atoms with Crippen LogP contribution in [0.2, 0.25) is 5.02 Å². The van der Waals surface area contributed by atoms with Gasteiger partial charge in [0.15, 0.2) is 0 Å². The first-order chi connectivity index (χ1) is 9.91. The molecule has 0 aromatic heterocycles. The minimum Gasteiger partial charge on any atom is -0.313 e. The summed E-state index contributed by atoms with van der Waals surface area (Å²) in [6.07, 6.45) is 3.36. The van der Waals surface area contributed by atoms with Crippen molar-refractivity contribution < 1.29 is 4.21 Å². The second kappa shape index (κ2) is 7.26. The minimum atomic E-state index is -0.848. The van der Waals surface area contributed by atoms with Gasteiger partial charge in [-0.05, 0) is 48.9 Å². The monoisotopic (exact) mass is 327 g/mol. The lowest BCUT2D eigenvalue weighted by Crippen LogP contribution is -2.48. The molecule has 0 saturated heterocycles. The Hall–Kier alpha value is -0.380. The summed E-state index contributed by atoms with van der Waals surface area (Å²) in [6.45, 7) is 7.65. The fourth-order valence-corrected chi connectivity index (χ4v) is 5.24. The molecule has 1 aromatic carbocycles. The first-order valence-corrected chi connectivity index (χ1v) is 9.52. The lowest BCUT2D eigenvalue weighted by atomic mass is 9.75. The smallest absolute Gasteiger partial charge is 0.0509 e. The zero-order valence-electron chi connectivity index (χ0n) is 13.2. The van der Waals surface area contributed by atoms with E-state index in [9.17, 15) is 4.21 Å². The second-order valence-electron chi connectivity index (χ2n) is 6.76. The van der Waals surface area contributed by atoms with Crippen molar-refractivity contribution in [2.75, 3.05) is 6.54 Å². The molecular formula is C17H26ClNOS. The third kappa shape index (κ3) is 4.80. The van der Waals surface area contributed by atoms with Gasteiger partial charge >= 0.3 is 0 Å². The molecule has 118 valence electrons. The average Bonchev–Trinajstić information content (AvgIpc) is 2.43. The van der Waals surface area contributed by atoms with E-state index in [1.54, 1.807) is 0 Å². The summed E-state index contributed by atoms with van der Waals surface area (Å²) in [5.41, 5.74) is 1.41. The Labute approximate surface area is 136 Å². The molecule has 1 N–H and O–H groups in total. The van der Waals surface area contributed by atoms with E-state index in [1.165, 1.54) is 6.42 Å². The van der Waals surface area contributed by atoms with Gasteiger partial charge in [-0.25, -0.2) is 0 Å². The fourth-order valence-electron chi connectivity index (χ4n) is 3.14. The molecule has 0 radical (unpaired) electrons. The van der Waals surface area contributed by atoms with Gasteiger partial charge in [-0.2, -0.15) is 0 Å². The Bertz CT molecular complexity index is 486. The molecule has 4 heteroatoms. The van der Waals surface area contributed by atoms with E-state index in [1.807, 2.05) is 24.3 Å². The Morgan fingerprint density at radius 2 is 2.00 bits per heavy atom. The third-order valence-electron chi connectivity index (χ3n) is 4.36. The summed E-state index contributed by atoms with van der Waals surface area (Å²) < 4.78 is 12.9. The zero-order chi connectivity index (χ0) is 15.5. The molecule has 0 amide bonds. The van der Waals surface area contributed by atoms with Crippen molar-refractivity contribution in [3.8, 4) is 0 Å². The average molecular weight is 328 g/mol. The number of halogens is 1. The topological polar surface area (TPSA) is 29.1 Å². The van der Waals surface area contributed by atoms with Crippen molar-refractivity contribution in [3.05, 3.63) is 34.9 Å². The van der Waals surface area contributed by atoms with Gasteiger partial charge < -0.3 is 5.32 Å². The summed E-state index contributed by atoms with van der Waals surface area (Å²) >= 11 is 5.91. The highest BCUT2D eigenvalue weighted by Crippen LogP contribution is 2.38. The maximum Gasteiger partial charge on any atom is 0.0509 e. The van der Waals surface area contributed by atoms with E-state index in [0.717, 1.165) is 30.0 Å². The van der Waals surface area contributed by atoms with Crippen LogP contribution in [-0.4, -0.2) is 22.0 Å². The van der Waals surface area contributed by atoms with Crippen LogP contribution in [0.1, 0.15) is 45.6 Å². The molecule has 1 aromatic rings. The van der Waals surface area contributed by atoms with Crippen LogP contribution in [-0.2, 0) is 16.6 Å². The van der Waals surface area contributed by atoms with Crippen molar-refractivity contribution in [3.63, 3.8) is 0 Å². The van der Waals surface area contributed by atoms with E-state index >= 15 is 0 Å². The predicted octanol–water partition coefficient (Wildman–Crippen LogP) is 4.15. The van der Waals surface area contributed by atoms with Crippen molar-refractivity contribution in [2.24, 2.45) is 5.41 Å². The molecule has 2 nitrogen and oxygen atoms in total. The molecule has 0 bridgehead atoms. The molecule has 21 heavy (non-hydrogen) atoms. The second-order valence-corrected chi connectivity index (χ2v) is 8.85. The van der Waals surface area contributed by atoms with Gasteiger partial charge in [0.05, 0.1) is 5.25 Å². The molecule has 3 unspecified atom stereocenters. The molecule has 3 atom stereocenters. The van der Waals surface area contributed by atoms with Gasteiger partial charge in [0.25, 0.3) is 0 Å². The Balaban J connectivity index is 2.07. The van der Waals surface area contributed by atoms with Gasteiger partial charge in [-0.15, -0.1) is 0 Å². The Morgan fingerprint density at radius 1 is 1.33 bits per heavy atom. The van der Waals surface area contributed by atoms with Crippen molar-refractivity contribution in [1.82, 2.24) is 5.32 Å². The van der Waals surface area contributed by atoms with E-state index in [4.69, 9.17) is 11.6 Å². The SMILES string of the molecule is CCNC1CCC(C)(C)CC1S(=O)Cc1ccc(Cl)cc1. The van der Waals surface area contributed by atoms with Crippen LogP contribution in [0.5, 0.6) is 0 Å². The van der Waals surface area contributed by atoms with Crippen molar-refractivity contribution in [1.29, 1.82) is 0 Å². The summed E-state index contributed by atoms with van der Waals surface area (Å²) in [4.78, 5) is 0. The quantitative estimate of drug-likeness (QED) is 0.880. The molecule has 2 rings (SSSR count). The van der Waals surface area contributed by atoms with Crippen LogP contribution in [0.4, 0.5) is 0 Å². The molecule has 1 saturated carbocycles. The van der Waals surface area contributed by atoms with Crippen LogP contribution in [0.3, 0.4) is 0 Å². The maximum atomic E-state index is 12.9. The highest BCUT2D eigenvalue weighted by molar-refractivity contribution is 7.84. The zero-order valence-corrected chi connectivity index (χ0v) is 14.8. The molecule has 0 spiro atoms. The Morgan fingerprint density at radius 3 is 2.62 bits per heavy atom. The van der Waals surface area contributed by atoms with Crippen LogP contribution in [0.25, 0.3) is 0 Å². The molecular weight excluding hydrogens is 302 g/mol. The summed E-state index contributed by atoms with van der Waals surface area (Å²) in [5, 5.41) is 4.50. The lowest BCUT2D eigenvalue weighted by Gasteiger charge is -2.40. The normalized spacial score (nSPS) is 26.5. The molecule has 1 aliphatic rings. The van der Waals surface area contributed by atoms with Gasteiger partial charge in [-0.1, -0.05) is 44.5 Å². The van der Waals surface area contributed by atoms with Crippen molar-refractivity contribution in [2.45, 2.75) is 57.1 Å². The van der Waals surface area contributed by atoms with E-state index < -0.39 is 10.8 Å². The number of nitrogens with one attached hydrogen (secondary N) is 1. The van der Waals surface area contributed by atoms with Gasteiger partial charge in [0, 0.05) is 27.6 Å². The van der Waals surface area contributed by atoms with E-state index in [-0.39, 0.29) is 5.25 Å². The third-order valence-corrected chi connectivity index (χ3v) is 6.40. The van der Waals surface area contributed by atoms with Crippen LogP contribution in [0.15, 0.2) is 24.3 Å². The largest absolute Gasteiger partial charge is 0.313 e. The summed E-state index contributed by atoms with van der Waals surface area (Å²) in [7, 11) is -0.848. The molecule has 0 heterocycles. The fraction of sp³-hybridized carbons (Fsp3) is 0.647. The number of hydrogen-bond donors (Lipinski definition) is 1. The van der Waals surface area contributed by atoms with E-state index in [0.29, 0.717) is 17.2 Å².